The normalized spacial score (nSPS) is 12.1. The van der Waals surface area contributed by atoms with Crippen LogP contribution in [0.2, 0.25) is 0 Å². The zero-order valence-corrected chi connectivity index (χ0v) is 21.5. The number of allylic oxidation sites excluding steroid dienone is 1. The van der Waals surface area contributed by atoms with Crippen LogP contribution in [0.3, 0.4) is 0 Å². The molecular weight excluding hydrogens is 472 g/mol. The lowest BCUT2D eigenvalue weighted by atomic mass is 9.89. The van der Waals surface area contributed by atoms with Gasteiger partial charge in [-0.2, -0.15) is 0 Å². The Bertz CT molecular complexity index is 1760. The molecule has 0 atom stereocenters. The average Bonchev–Trinajstić information content (AvgIpc) is 3.42. The highest BCUT2D eigenvalue weighted by Gasteiger charge is 2.25. The molecule has 5 aromatic carbocycles. The van der Waals surface area contributed by atoms with Crippen LogP contribution in [0.4, 0.5) is 0 Å². The highest BCUT2D eigenvalue weighted by atomic mass is 16.3. The average molecular weight is 499 g/mol. The second kappa shape index (κ2) is 10.0. The molecule has 0 unspecified atom stereocenters. The molecule has 39 heavy (non-hydrogen) atoms. The van der Waals surface area contributed by atoms with Crippen LogP contribution in [0.25, 0.3) is 62.1 Å². The number of hydrogen-bond acceptors (Lipinski definition) is 1. The summed E-state index contributed by atoms with van der Waals surface area (Å²) in [5, 5.41) is 0. The number of rotatable bonds is 5. The van der Waals surface area contributed by atoms with Gasteiger partial charge in [-0.3, -0.25) is 0 Å². The van der Waals surface area contributed by atoms with E-state index in [0.717, 1.165) is 46.6 Å². The zero-order chi connectivity index (χ0) is 26.0. The van der Waals surface area contributed by atoms with Gasteiger partial charge in [-0.15, -0.1) is 0 Å². The Morgan fingerprint density at radius 1 is 0.564 bits per heavy atom. The fourth-order valence-electron chi connectivity index (χ4n) is 5.50. The molecule has 1 aromatic heterocycles. The quantitative estimate of drug-likeness (QED) is 0.230. The summed E-state index contributed by atoms with van der Waals surface area (Å²) >= 11 is 0. The smallest absolute Gasteiger partial charge is 0.142 e. The topological polar surface area (TPSA) is 13.1 Å². The van der Waals surface area contributed by atoms with Crippen LogP contribution in [0.15, 0.2) is 132 Å². The highest BCUT2D eigenvalue weighted by Crippen LogP contribution is 2.44. The number of hydrogen-bond donors (Lipinski definition) is 0. The largest absolute Gasteiger partial charge is 0.455 e. The Morgan fingerprint density at radius 2 is 1.23 bits per heavy atom. The van der Waals surface area contributed by atoms with Crippen molar-refractivity contribution in [3.05, 3.63) is 151 Å². The molecular formula is C38H26O. The van der Waals surface area contributed by atoms with E-state index in [-0.39, 0.29) is 0 Å². The molecule has 6 aromatic rings. The number of benzene rings is 4. The van der Waals surface area contributed by atoms with Gasteiger partial charge in [0, 0.05) is 33.4 Å². The lowest BCUT2D eigenvalue weighted by Crippen LogP contribution is -1.94. The van der Waals surface area contributed by atoms with Gasteiger partial charge < -0.3 is 4.42 Å². The second-order valence-corrected chi connectivity index (χ2v) is 9.87. The molecule has 0 amide bonds. The molecule has 0 spiro atoms. The predicted octanol–water partition coefficient (Wildman–Crippen LogP) is 10.2. The van der Waals surface area contributed by atoms with E-state index in [4.69, 9.17) is 4.42 Å². The van der Waals surface area contributed by atoms with Crippen LogP contribution in [-0.2, 0) is 6.42 Å². The molecule has 1 aliphatic rings. The summed E-state index contributed by atoms with van der Waals surface area (Å²) in [4.78, 5) is 0. The van der Waals surface area contributed by atoms with Crippen molar-refractivity contribution in [1.82, 2.24) is 0 Å². The monoisotopic (exact) mass is 498 g/mol. The Hall–Kier alpha value is -5.06. The van der Waals surface area contributed by atoms with Crippen molar-refractivity contribution in [3.63, 3.8) is 0 Å². The van der Waals surface area contributed by atoms with E-state index in [0.29, 0.717) is 0 Å². The number of fused-ring (bicyclic) bond motifs is 1. The van der Waals surface area contributed by atoms with Gasteiger partial charge in [-0.25, -0.2) is 0 Å². The minimum absolute atomic E-state index is 0.926. The molecule has 0 radical (unpaired) electrons. The molecule has 0 bridgehead atoms. The van der Waals surface area contributed by atoms with Crippen LogP contribution in [-0.4, -0.2) is 0 Å². The van der Waals surface area contributed by atoms with Crippen LogP contribution in [0, 0.1) is 12.1 Å². The fraction of sp³-hybridized carbons (Fsp3) is 0.0526. The highest BCUT2D eigenvalue weighted by molar-refractivity contribution is 5.89. The Balaban J connectivity index is 1.40. The summed E-state index contributed by atoms with van der Waals surface area (Å²) < 4.78 is 6.86. The molecule has 0 N–H and O–H groups in total. The van der Waals surface area contributed by atoms with Gasteiger partial charge in [0.2, 0.25) is 0 Å². The van der Waals surface area contributed by atoms with Gasteiger partial charge >= 0.3 is 0 Å². The van der Waals surface area contributed by atoms with Gasteiger partial charge in [0.05, 0.1) is 0 Å². The Kier molecular flexibility index (Phi) is 5.93. The van der Waals surface area contributed by atoms with Crippen molar-refractivity contribution in [2.75, 3.05) is 0 Å². The van der Waals surface area contributed by atoms with E-state index in [1.807, 2.05) is 18.2 Å². The van der Waals surface area contributed by atoms with Crippen molar-refractivity contribution in [3.8, 4) is 56.0 Å². The third-order valence-electron chi connectivity index (χ3n) is 7.46. The fourth-order valence-corrected chi connectivity index (χ4v) is 5.50. The van der Waals surface area contributed by atoms with E-state index in [9.17, 15) is 0 Å². The Morgan fingerprint density at radius 3 is 1.95 bits per heavy atom. The van der Waals surface area contributed by atoms with Crippen molar-refractivity contribution >= 4 is 6.08 Å². The Labute approximate surface area is 229 Å². The van der Waals surface area contributed by atoms with Gasteiger partial charge in [0.1, 0.15) is 11.5 Å². The zero-order valence-electron chi connectivity index (χ0n) is 21.5. The van der Waals surface area contributed by atoms with Crippen LogP contribution < -0.4 is 0 Å². The van der Waals surface area contributed by atoms with Crippen molar-refractivity contribution in [1.29, 1.82) is 0 Å². The van der Waals surface area contributed by atoms with Crippen LogP contribution >= 0.6 is 0 Å². The summed E-state index contributed by atoms with van der Waals surface area (Å²) in [5.74, 6) is 1.87. The lowest BCUT2D eigenvalue weighted by Gasteiger charge is -2.13. The molecule has 1 heterocycles. The van der Waals surface area contributed by atoms with Gasteiger partial charge in [-0.05, 0) is 53.3 Å². The molecule has 0 aliphatic heterocycles. The molecule has 1 nitrogen and oxygen atoms in total. The first-order valence-corrected chi connectivity index (χ1v) is 13.4. The third-order valence-corrected chi connectivity index (χ3v) is 7.46. The second-order valence-electron chi connectivity index (χ2n) is 9.87. The molecule has 0 saturated carbocycles. The van der Waals surface area contributed by atoms with Crippen LogP contribution in [0.5, 0.6) is 0 Å². The standard InChI is InChI=1S/C38H26O/c1-4-12-27(13-5-1)29-20-22-31(23-21-29)37-34-18-10-11-19-35(34)38(39-37)36-26-32(28-14-6-2-7-15-28)24-25-33(36)30-16-8-3-9-17-30/h1-8,10,12-16,18,20-26H,11,19H2. The van der Waals surface area contributed by atoms with Gasteiger partial charge in [-0.1, -0.05) is 127 Å². The van der Waals surface area contributed by atoms with Crippen molar-refractivity contribution < 1.29 is 4.42 Å². The predicted molar refractivity (Wildman–Crippen MR) is 161 cm³/mol. The third kappa shape index (κ3) is 4.37. The maximum Gasteiger partial charge on any atom is 0.142 e. The first kappa shape index (κ1) is 23.1. The molecule has 184 valence electrons. The van der Waals surface area contributed by atoms with E-state index in [2.05, 4.69) is 127 Å². The molecule has 0 saturated heterocycles. The SMILES string of the molecule is c1cccc(-c2ccc(-c3ccccc3)cc2-c2oc(-c3ccc(-c4ccccc4)cc3)c3c2CCC=C3)c#1. The lowest BCUT2D eigenvalue weighted by molar-refractivity contribution is 0.594. The maximum atomic E-state index is 6.86. The first-order chi connectivity index (χ1) is 19.3. The first-order valence-electron chi connectivity index (χ1n) is 13.4. The van der Waals surface area contributed by atoms with Gasteiger partial charge in [0.25, 0.3) is 0 Å². The molecule has 1 aliphatic carbocycles. The maximum absolute atomic E-state index is 6.86. The minimum atomic E-state index is 0.926. The van der Waals surface area contributed by atoms with Crippen molar-refractivity contribution in [2.24, 2.45) is 0 Å². The summed E-state index contributed by atoms with van der Waals surface area (Å²) in [5.41, 5.74) is 11.5. The van der Waals surface area contributed by atoms with E-state index in [1.165, 1.54) is 33.4 Å². The van der Waals surface area contributed by atoms with E-state index in [1.54, 1.807) is 0 Å². The van der Waals surface area contributed by atoms with Crippen molar-refractivity contribution in [2.45, 2.75) is 12.8 Å². The minimum Gasteiger partial charge on any atom is -0.455 e. The van der Waals surface area contributed by atoms with Crippen LogP contribution in [0.1, 0.15) is 17.5 Å². The summed E-state index contributed by atoms with van der Waals surface area (Å²) in [6.45, 7) is 0. The molecule has 0 fully saturated rings. The van der Waals surface area contributed by atoms with E-state index < -0.39 is 0 Å². The van der Waals surface area contributed by atoms with E-state index >= 15 is 0 Å². The molecule has 1 heteroatoms. The number of furan rings is 1. The summed E-state index contributed by atoms with van der Waals surface area (Å²) in [6, 6.07) is 48.8. The van der Waals surface area contributed by atoms with Gasteiger partial charge in [0.15, 0.2) is 0 Å². The molecule has 7 rings (SSSR count). The summed E-state index contributed by atoms with van der Waals surface area (Å²) in [7, 11) is 0. The summed E-state index contributed by atoms with van der Waals surface area (Å²) in [6.07, 6.45) is 6.44.